The Balaban J connectivity index is 1.62. The maximum absolute atomic E-state index is 14.7. The van der Waals surface area contributed by atoms with Gasteiger partial charge in [-0.1, -0.05) is 108 Å². The van der Waals surface area contributed by atoms with Crippen molar-refractivity contribution in [1.82, 2.24) is 4.90 Å². The summed E-state index contributed by atoms with van der Waals surface area (Å²) in [5.74, 6) is 0.185. The van der Waals surface area contributed by atoms with Crippen LogP contribution in [0.25, 0.3) is 0 Å². The molecule has 2 aliphatic heterocycles. The summed E-state index contributed by atoms with van der Waals surface area (Å²) in [4.78, 5) is 23.1. The lowest BCUT2D eigenvalue weighted by molar-refractivity contribution is -0.257. The fourth-order valence-corrected chi connectivity index (χ4v) is 10.2. The standard InChI is InChI=1S/C50H78N2O8/c1-5-9-10-11-12-13-14-15-16-25-46(55)52(29-6-2)45-37-43(51-60-47-26-19-22-34-57-47)41-35-38(23-17-20-30-53)40(24-18-21-31-54)48-42-36-39(56-32-7-3)27-28-44(42)59-50(45,49(41)48)58-33-8-4/h7-8,27-28,35-36,38,40,45,47-49,53-54H,3-6,9-26,29-34,37H2,1-2H3. The molecule has 10 nitrogen and oxygen atoms in total. The highest BCUT2D eigenvalue weighted by Gasteiger charge is 2.65. The normalized spacial score (nSPS) is 26.3. The van der Waals surface area contributed by atoms with E-state index in [2.05, 4.69) is 44.0 Å². The van der Waals surface area contributed by atoms with Crippen LogP contribution in [0.3, 0.4) is 0 Å². The predicted octanol–water partition coefficient (Wildman–Crippen LogP) is 10.6. The molecule has 7 atom stereocenters. The van der Waals surface area contributed by atoms with Crippen LogP contribution in [0, 0.1) is 17.8 Å². The second kappa shape index (κ2) is 25.7. The summed E-state index contributed by atoms with van der Waals surface area (Å²) in [5, 5.41) is 24.8. The maximum atomic E-state index is 14.7. The molecule has 10 heteroatoms. The quantitative estimate of drug-likeness (QED) is 0.0465. The SMILES string of the molecule is C=CCOc1ccc2c(c1)C1C(CCCCO)C(CCCCO)C=C3C(=NOC4CCCCO4)CC(N(CCC)C(=O)CCCCCCCCCCC)C(OCC=C)(O2)C31. The first-order valence-corrected chi connectivity index (χ1v) is 23.8. The molecule has 2 aliphatic carbocycles. The first-order valence-electron chi connectivity index (χ1n) is 23.8. The number of hydrogen-bond donors (Lipinski definition) is 2. The summed E-state index contributed by atoms with van der Waals surface area (Å²) in [6.45, 7) is 14.4. The van der Waals surface area contributed by atoms with E-state index >= 15 is 0 Å². The van der Waals surface area contributed by atoms with Crippen molar-refractivity contribution >= 4 is 11.6 Å². The number of amides is 1. The topological polar surface area (TPSA) is 119 Å². The number of benzene rings is 1. The number of oxime groups is 1. The van der Waals surface area contributed by atoms with E-state index in [0.717, 1.165) is 105 Å². The molecule has 1 saturated heterocycles. The molecule has 1 amide bonds. The Morgan fingerprint density at radius 1 is 0.917 bits per heavy atom. The van der Waals surface area contributed by atoms with Gasteiger partial charge in [-0.15, -0.1) is 6.58 Å². The van der Waals surface area contributed by atoms with Gasteiger partial charge in [0.15, 0.2) is 0 Å². The predicted molar refractivity (Wildman–Crippen MR) is 239 cm³/mol. The van der Waals surface area contributed by atoms with Crippen LogP contribution in [0.2, 0.25) is 0 Å². The second-order valence-corrected chi connectivity index (χ2v) is 17.4. The zero-order chi connectivity index (χ0) is 42.6. The van der Waals surface area contributed by atoms with Crippen LogP contribution in [-0.2, 0) is 19.1 Å². The summed E-state index contributed by atoms with van der Waals surface area (Å²) in [6, 6.07) is 5.57. The zero-order valence-electron chi connectivity index (χ0n) is 37.2. The van der Waals surface area contributed by atoms with Crippen molar-refractivity contribution in [2.75, 3.05) is 39.6 Å². The van der Waals surface area contributed by atoms with Crippen LogP contribution >= 0.6 is 0 Å². The number of carbonyl (C=O) groups is 1. The number of aliphatic hydroxyl groups excluding tert-OH is 2. The fourth-order valence-electron chi connectivity index (χ4n) is 10.2. The molecule has 7 unspecified atom stereocenters. The molecule has 336 valence electrons. The van der Waals surface area contributed by atoms with Gasteiger partial charge in [0.1, 0.15) is 24.1 Å². The Labute approximate surface area is 361 Å². The molecule has 1 saturated carbocycles. The van der Waals surface area contributed by atoms with Crippen molar-refractivity contribution in [2.45, 2.75) is 173 Å². The Bertz CT molecular complexity index is 1520. The van der Waals surface area contributed by atoms with E-state index in [-0.39, 0.29) is 49.4 Å². The van der Waals surface area contributed by atoms with Crippen LogP contribution in [0.1, 0.15) is 160 Å². The Kier molecular flexibility index (Phi) is 20.5. The third-order valence-corrected chi connectivity index (χ3v) is 13.1. The van der Waals surface area contributed by atoms with Gasteiger partial charge in [0.25, 0.3) is 0 Å². The first kappa shape index (κ1) is 47.9. The molecule has 2 N–H and O–H groups in total. The van der Waals surface area contributed by atoms with Gasteiger partial charge in [-0.25, -0.2) is 0 Å². The van der Waals surface area contributed by atoms with E-state index < -0.39 is 18.1 Å². The number of carbonyl (C=O) groups excluding carboxylic acids is 1. The largest absolute Gasteiger partial charge is 0.490 e. The number of hydrogen-bond acceptors (Lipinski definition) is 9. The minimum Gasteiger partial charge on any atom is -0.490 e. The first-order chi connectivity index (χ1) is 29.5. The summed E-state index contributed by atoms with van der Waals surface area (Å²) in [5.41, 5.74) is 2.89. The highest BCUT2D eigenvalue weighted by molar-refractivity contribution is 6.03. The average Bonchev–Trinajstić information content (AvgIpc) is 3.27. The lowest BCUT2D eigenvalue weighted by Crippen LogP contribution is -2.70. The summed E-state index contributed by atoms with van der Waals surface area (Å²) in [7, 11) is 0. The van der Waals surface area contributed by atoms with Gasteiger partial charge in [-0.2, -0.15) is 0 Å². The number of fused-ring (bicyclic) bond motifs is 2. The maximum Gasteiger partial charge on any atom is 0.239 e. The van der Waals surface area contributed by atoms with Gasteiger partial charge < -0.3 is 38.9 Å². The van der Waals surface area contributed by atoms with Crippen molar-refractivity contribution in [2.24, 2.45) is 22.9 Å². The van der Waals surface area contributed by atoms with Crippen LogP contribution < -0.4 is 9.47 Å². The third kappa shape index (κ3) is 12.5. The van der Waals surface area contributed by atoms with Crippen LogP contribution in [0.15, 0.2) is 60.3 Å². The number of allylic oxidation sites excluding steroid dienone is 1. The molecular weight excluding hydrogens is 757 g/mol. The molecule has 1 aromatic rings. The summed E-state index contributed by atoms with van der Waals surface area (Å²) < 4.78 is 26.7. The van der Waals surface area contributed by atoms with Crippen LogP contribution in [0.4, 0.5) is 0 Å². The van der Waals surface area contributed by atoms with E-state index in [0.29, 0.717) is 39.0 Å². The number of unbranched alkanes of at least 4 members (excludes halogenated alkanes) is 10. The molecule has 0 spiro atoms. The number of rotatable bonds is 29. The summed E-state index contributed by atoms with van der Waals surface area (Å²) in [6.07, 6.45) is 25.6. The van der Waals surface area contributed by atoms with Crippen molar-refractivity contribution in [3.8, 4) is 11.5 Å². The van der Waals surface area contributed by atoms with Gasteiger partial charge >= 0.3 is 0 Å². The number of aliphatic hydroxyl groups is 2. The fraction of sp³-hybridized carbons (Fsp3) is 0.720. The van der Waals surface area contributed by atoms with Gasteiger partial charge in [0.05, 0.1) is 24.8 Å². The highest BCUT2D eigenvalue weighted by atomic mass is 16.8. The van der Waals surface area contributed by atoms with Crippen molar-refractivity contribution in [3.63, 3.8) is 0 Å². The number of ether oxygens (including phenoxy) is 4. The van der Waals surface area contributed by atoms with Crippen molar-refractivity contribution in [3.05, 3.63) is 60.7 Å². The number of nitrogens with zero attached hydrogens (tertiary/aromatic N) is 2. The zero-order valence-corrected chi connectivity index (χ0v) is 37.2. The molecule has 2 heterocycles. The van der Waals surface area contributed by atoms with Crippen LogP contribution in [-0.4, -0.2) is 84.4 Å². The molecule has 0 bridgehead atoms. The van der Waals surface area contributed by atoms with E-state index in [4.69, 9.17) is 28.9 Å². The van der Waals surface area contributed by atoms with E-state index in [1.54, 1.807) is 12.2 Å². The molecule has 2 fully saturated rings. The monoisotopic (exact) mass is 835 g/mol. The smallest absolute Gasteiger partial charge is 0.239 e. The molecule has 4 aliphatic rings. The third-order valence-electron chi connectivity index (χ3n) is 13.1. The molecular formula is C50H78N2O8. The minimum absolute atomic E-state index is 0.0986. The average molecular weight is 835 g/mol. The highest BCUT2D eigenvalue weighted by Crippen LogP contribution is 2.62. The van der Waals surface area contributed by atoms with Gasteiger partial charge in [-0.05, 0) is 87.0 Å². The van der Waals surface area contributed by atoms with Gasteiger partial charge in [0.2, 0.25) is 18.0 Å². The van der Waals surface area contributed by atoms with Crippen molar-refractivity contribution < 1.29 is 38.8 Å². The van der Waals surface area contributed by atoms with Gasteiger partial charge in [0, 0.05) is 50.5 Å². The Morgan fingerprint density at radius 3 is 2.33 bits per heavy atom. The Morgan fingerprint density at radius 2 is 1.65 bits per heavy atom. The van der Waals surface area contributed by atoms with Gasteiger partial charge in [-0.3, -0.25) is 4.79 Å². The molecule has 0 radical (unpaired) electrons. The summed E-state index contributed by atoms with van der Waals surface area (Å²) >= 11 is 0. The Hall–Kier alpha value is -3.18. The minimum atomic E-state index is -1.25. The van der Waals surface area contributed by atoms with E-state index in [1.165, 1.54) is 38.5 Å². The lowest BCUT2D eigenvalue weighted by atomic mass is 9.55. The molecule has 1 aromatic carbocycles. The van der Waals surface area contributed by atoms with E-state index in [9.17, 15) is 15.0 Å². The van der Waals surface area contributed by atoms with Crippen molar-refractivity contribution in [1.29, 1.82) is 0 Å². The van der Waals surface area contributed by atoms with E-state index in [1.807, 2.05) is 12.1 Å². The molecule has 5 rings (SSSR count). The second-order valence-electron chi connectivity index (χ2n) is 17.4. The lowest BCUT2D eigenvalue weighted by Gasteiger charge is -2.60. The molecule has 60 heavy (non-hydrogen) atoms. The molecule has 0 aromatic heterocycles. The van der Waals surface area contributed by atoms with Crippen LogP contribution in [0.5, 0.6) is 11.5 Å².